The van der Waals surface area contributed by atoms with Crippen LogP contribution in [0, 0.1) is 0 Å². The van der Waals surface area contributed by atoms with E-state index < -0.39 is 0 Å². The summed E-state index contributed by atoms with van der Waals surface area (Å²) in [5, 5.41) is 13.9. The Morgan fingerprint density at radius 2 is 1.76 bits per heavy atom. The first-order chi connectivity index (χ1) is 10.2. The van der Waals surface area contributed by atoms with E-state index in [4.69, 9.17) is 16.1 Å². The van der Waals surface area contributed by atoms with Gasteiger partial charge in [-0.1, -0.05) is 16.8 Å². The monoisotopic (exact) mass is 318 g/mol. The summed E-state index contributed by atoms with van der Waals surface area (Å²) in [6.07, 6.45) is 0. The Morgan fingerprint density at radius 3 is 2.48 bits per heavy atom. The van der Waals surface area contributed by atoms with Crippen molar-refractivity contribution in [2.45, 2.75) is 10.6 Å². The fourth-order valence-corrected chi connectivity index (χ4v) is 2.58. The van der Waals surface area contributed by atoms with E-state index in [-0.39, 0.29) is 5.75 Å². The zero-order valence-electron chi connectivity index (χ0n) is 10.9. The molecule has 3 rings (SSSR count). The number of hydrogen-bond acceptors (Lipinski definition) is 5. The summed E-state index contributed by atoms with van der Waals surface area (Å²) in [4.78, 5) is 5.43. The van der Waals surface area contributed by atoms with Crippen LogP contribution in [-0.2, 0) is 5.75 Å². The van der Waals surface area contributed by atoms with Crippen molar-refractivity contribution in [3.63, 3.8) is 0 Å². The molecule has 6 heteroatoms. The molecule has 106 valence electrons. The summed E-state index contributed by atoms with van der Waals surface area (Å²) < 4.78 is 5.22. The Balaban J connectivity index is 1.67. The molecule has 1 heterocycles. The Morgan fingerprint density at radius 1 is 1.05 bits per heavy atom. The van der Waals surface area contributed by atoms with Crippen molar-refractivity contribution in [3.05, 3.63) is 59.4 Å². The number of aromatic nitrogens is 2. The average molecular weight is 319 g/mol. The van der Waals surface area contributed by atoms with Crippen molar-refractivity contribution in [2.24, 2.45) is 0 Å². The number of halogens is 1. The molecular weight excluding hydrogens is 308 g/mol. The van der Waals surface area contributed by atoms with E-state index in [2.05, 4.69) is 10.1 Å². The quantitative estimate of drug-likeness (QED) is 0.723. The number of aromatic hydroxyl groups is 1. The van der Waals surface area contributed by atoms with E-state index in [0.29, 0.717) is 22.5 Å². The van der Waals surface area contributed by atoms with Crippen molar-refractivity contribution in [3.8, 4) is 17.2 Å². The zero-order valence-corrected chi connectivity index (χ0v) is 12.4. The standard InChI is InChI=1S/C15H11ClN2O2S/c16-11-3-7-13(8-4-11)21-9-14-17-15(20-18-14)10-1-5-12(19)6-2-10/h1-8,19H,9H2. The number of phenolic OH excluding ortho intramolecular Hbond substituents is 1. The van der Waals surface area contributed by atoms with Gasteiger partial charge in [0.15, 0.2) is 5.82 Å². The lowest BCUT2D eigenvalue weighted by atomic mass is 10.2. The predicted octanol–water partition coefficient (Wildman–Crippen LogP) is 4.39. The summed E-state index contributed by atoms with van der Waals surface area (Å²) in [5.41, 5.74) is 0.781. The Kier molecular flexibility index (Phi) is 4.13. The first-order valence-electron chi connectivity index (χ1n) is 6.21. The van der Waals surface area contributed by atoms with Crippen LogP contribution in [0.1, 0.15) is 5.82 Å². The van der Waals surface area contributed by atoms with Crippen LogP contribution in [0.2, 0.25) is 5.02 Å². The summed E-state index contributed by atoms with van der Waals surface area (Å²) in [5.74, 6) is 1.89. The molecule has 3 aromatic rings. The number of phenols is 1. The van der Waals surface area contributed by atoms with Gasteiger partial charge in [0.2, 0.25) is 0 Å². The molecule has 2 aromatic carbocycles. The van der Waals surface area contributed by atoms with Gasteiger partial charge < -0.3 is 9.63 Å². The molecule has 0 unspecified atom stereocenters. The van der Waals surface area contributed by atoms with Gasteiger partial charge in [0.25, 0.3) is 5.89 Å². The van der Waals surface area contributed by atoms with Gasteiger partial charge in [-0.05, 0) is 48.5 Å². The number of benzene rings is 2. The first kappa shape index (κ1) is 14.0. The summed E-state index contributed by atoms with van der Waals surface area (Å²) >= 11 is 7.45. The van der Waals surface area contributed by atoms with Crippen LogP contribution >= 0.6 is 23.4 Å². The van der Waals surface area contributed by atoms with E-state index in [1.807, 2.05) is 24.3 Å². The lowest BCUT2D eigenvalue weighted by Crippen LogP contribution is -1.84. The predicted molar refractivity (Wildman–Crippen MR) is 82.4 cm³/mol. The second-order valence-corrected chi connectivity index (χ2v) is 5.79. The lowest BCUT2D eigenvalue weighted by Gasteiger charge is -1.97. The molecule has 4 nitrogen and oxygen atoms in total. The van der Waals surface area contributed by atoms with E-state index in [1.165, 1.54) is 0 Å². The second kappa shape index (κ2) is 6.20. The third-order valence-corrected chi connectivity index (χ3v) is 4.02. The first-order valence-corrected chi connectivity index (χ1v) is 7.57. The maximum Gasteiger partial charge on any atom is 0.257 e. The summed E-state index contributed by atoms with van der Waals surface area (Å²) in [7, 11) is 0. The van der Waals surface area contributed by atoms with Gasteiger partial charge in [0.1, 0.15) is 5.75 Å². The fraction of sp³-hybridized carbons (Fsp3) is 0.0667. The third kappa shape index (κ3) is 3.56. The molecule has 0 saturated heterocycles. The van der Waals surface area contributed by atoms with E-state index >= 15 is 0 Å². The molecule has 1 aromatic heterocycles. The van der Waals surface area contributed by atoms with E-state index in [0.717, 1.165) is 10.5 Å². The largest absolute Gasteiger partial charge is 0.508 e. The van der Waals surface area contributed by atoms with Crippen molar-refractivity contribution in [1.82, 2.24) is 10.1 Å². The minimum absolute atomic E-state index is 0.205. The van der Waals surface area contributed by atoms with Crippen LogP contribution in [0.15, 0.2) is 57.9 Å². The normalized spacial score (nSPS) is 10.7. The van der Waals surface area contributed by atoms with Crippen LogP contribution in [0.25, 0.3) is 11.5 Å². The van der Waals surface area contributed by atoms with E-state index in [9.17, 15) is 5.11 Å². The molecule has 0 saturated carbocycles. The molecule has 0 aliphatic carbocycles. The van der Waals surface area contributed by atoms with Crippen LogP contribution in [0.4, 0.5) is 0 Å². The Hall–Kier alpha value is -1.98. The van der Waals surface area contributed by atoms with Gasteiger partial charge in [-0.15, -0.1) is 11.8 Å². The minimum Gasteiger partial charge on any atom is -0.508 e. The van der Waals surface area contributed by atoms with Crippen LogP contribution in [-0.4, -0.2) is 15.2 Å². The highest BCUT2D eigenvalue weighted by molar-refractivity contribution is 7.98. The smallest absolute Gasteiger partial charge is 0.257 e. The van der Waals surface area contributed by atoms with Gasteiger partial charge in [0, 0.05) is 15.5 Å². The molecule has 0 bridgehead atoms. The van der Waals surface area contributed by atoms with Crippen LogP contribution < -0.4 is 0 Å². The minimum atomic E-state index is 0.205. The van der Waals surface area contributed by atoms with Crippen molar-refractivity contribution in [2.75, 3.05) is 0 Å². The highest BCUT2D eigenvalue weighted by atomic mass is 35.5. The maximum atomic E-state index is 9.26. The number of thioether (sulfide) groups is 1. The molecule has 0 fully saturated rings. The number of hydrogen-bond donors (Lipinski definition) is 1. The van der Waals surface area contributed by atoms with Gasteiger partial charge >= 0.3 is 0 Å². The molecule has 0 aliphatic heterocycles. The average Bonchev–Trinajstić information content (AvgIpc) is 2.96. The molecule has 0 atom stereocenters. The zero-order chi connectivity index (χ0) is 14.7. The topological polar surface area (TPSA) is 59.2 Å². The summed E-state index contributed by atoms with van der Waals surface area (Å²) in [6, 6.07) is 14.2. The van der Waals surface area contributed by atoms with Crippen molar-refractivity contribution >= 4 is 23.4 Å². The van der Waals surface area contributed by atoms with Crippen molar-refractivity contribution in [1.29, 1.82) is 0 Å². The SMILES string of the molecule is Oc1ccc(-c2nc(CSc3ccc(Cl)cc3)no2)cc1. The van der Waals surface area contributed by atoms with Gasteiger partial charge in [-0.3, -0.25) is 0 Å². The Labute approximate surface area is 130 Å². The molecule has 21 heavy (non-hydrogen) atoms. The fourth-order valence-electron chi connectivity index (χ4n) is 1.71. The highest BCUT2D eigenvalue weighted by Crippen LogP contribution is 2.25. The Bertz CT molecular complexity index is 726. The number of rotatable bonds is 4. The third-order valence-electron chi connectivity index (χ3n) is 2.76. The molecule has 0 amide bonds. The van der Waals surface area contributed by atoms with Crippen LogP contribution in [0.3, 0.4) is 0 Å². The number of nitrogens with zero attached hydrogens (tertiary/aromatic N) is 2. The van der Waals surface area contributed by atoms with Gasteiger partial charge in [0.05, 0.1) is 5.75 Å². The maximum absolute atomic E-state index is 9.26. The molecular formula is C15H11ClN2O2S. The molecule has 0 aliphatic rings. The molecule has 1 N–H and O–H groups in total. The molecule has 0 radical (unpaired) electrons. The highest BCUT2D eigenvalue weighted by Gasteiger charge is 2.09. The van der Waals surface area contributed by atoms with Crippen LogP contribution in [0.5, 0.6) is 5.75 Å². The van der Waals surface area contributed by atoms with Gasteiger partial charge in [-0.2, -0.15) is 4.98 Å². The molecule has 0 spiro atoms. The van der Waals surface area contributed by atoms with Crippen molar-refractivity contribution < 1.29 is 9.63 Å². The summed E-state index contributed by atoms with van der Waals surface area (Å²) in [6.45, 7) is 0. The van der Waals surface area contributed by atoms with Gasteiger partial charge in [-0.25, -0.2) is 0 Å². The van der Waals surface area contributed by atoms with E-state index in [1.54, 1.807) is 36.0 Å². The lowest BCUT2D eigenvalue weighted by molar-refractivity contribution is 0.425. The second-order valence-electron chi connectivity index (χ2n) is 4.31.